The number of hydrogen-bond acceptors (Lipinski definition) is 2. The first-order valence-corrected chi connectivity index (χ1v) is 9.27. The van der Waals surface area contributed by atoms with Gasteiger partial charge in [0.25, 0.3) is 0 Å². The molecule has 0 N–H and O–H groups in total. The normalized spacial score (nSPS) is 15.1. The highest BCUT2D eigenvalue weighted by Gasteiger charge is 2.16. The number of Topliss-reactive ketones (excluding diaryl/α,β-unsaturated/α-hetero) is 1. The summed E-state index contributed by atoms with van der Waals surface area (Å²) < 4.78 is 0. The Kier molecular flexibility index (Phi) is 6.19. The molecule has 25 heavy (non-hydrogen) atoms. The molecule has 0 atom stereocenters. The number of ketones is 1. The van der Waals surface area contributed by atoms with Gasteiger partial charge in [0, 0.05) is 34.6 Å². The van der Waals surface area contributed by atoms with E-state index >= 15 is 0 Å². The van der Waals surface area contributed by atoms with Crippen molar-refractivity contribution in [3.8, 4) is 0 Å². The second-order valence-corrected chi connectivity index (χ2v) is 7.45. The maximum absolute atomic E-state index is 12.3. The van der Waals surface area contributed by atoms with Crippen LogP contribution < -0.4 is 0 Å². The van der Waals surface area contributed by atoms with Gasteiger partial charge in [-0.1, -0.05) is 59.1 Å². The Bertz CT molecular complexity index is 799. The molecule has 2 aromatic carbocycles. The molecule has 3 rings (SSSR count). The lowest BCUT2D eigenvalue weighted by Crippen LogP contribution is -2.34. The molecule has 0 aliphatic carbocycles. The summed E-state index contributed by atoms with van der Waals surface area (Å²) in [4.78, 5) is 14.5. The third-order valence-electron chi connectivity index (χ3n) is 4.31. The fourth-order valence-corrected chi connectivity index (χ4v) is 3.57. The summed E-state index contributed by atoms with van der Waals surface area (Å²) in [6.07, 6.45) is 3.45. The van der Waals surface area contributed by atoms with Gasteiger partial charge in [-0.05, 0) is 47.4 Å². The highest BCUT2D eigenvalue weighted by atomic mass is 35.5. The lowest BCUT2D eigenvalue weighted by Gasteiger charge is -2.26. The molecule has 1 aliphatic rings. The van der Waals surface area contributed by atoms with Gasteiger partial charge in [-0.25, -0.2) is 0 Å². The lowest BCUT2D eigenvalue weighted by atomic mass is 9.99. The van der Waals surface area contributed by atoms with Crippen molar-refractivity contribution in [1.82, 2.24) is 4.90 Å². The Balaban J connectivity index is 1.56. The Labute approximate surface area is 163 Å². The predicted molar refractivity (Wildman–Crippen MR) is 106 cm³/mol. The van der Waals surface area contributed by atoms with E-state index in [1.807, 2.05) is 30.3 Å². The van der Waals surface area contributed by atoms with Gasteiger partial charge in [0.2, 0.25) is 0 Å². The minimum Gasteiger partial charge on any atom is -0.298 e. The van der Waals surface area contributed by atoms with Crippen LogP contribution in [0.3, 0.4) is 0 Å². The highest BCUT2D eigenvalue weighted by Crippen LogP contribution is 2.24. The number of halogens is 3. The average Bonchev–Trinajstić information content (AvgIpc) is 2.59. The Morgan fingerprint density at radius 3 is 2.36 bits per heavy atom. The van der Waals surface area contributed by atoms with E-state index in [4.69, 9.17) is 34.8 Å². The van der Waals surface area contributed by atoms with Gasteiger partial charge in [-0.15, -0.1) is 0 Å². The zero-order valence-electron chi connectivity index (χ0n) is 13.6. The Morgan fingerprint density at radius 2 is 1.72 bits per heavy atom. The molecule has 130 valence electrons. The first-order valence-electron chi connectivity index (χ1n) is 8.14. The number of carbonyl (C=O) groups excluding carboxylic acids is 1. The molecule has 0 amide bonds. The second-order valence-electron chi connectivity index (χ2n) is 6.17. The monoisotopic (exact) mass is 393 g/mol. The van der Waals surface area contributed by atoms with Crippen LogP contribution in [0.2, 0.25) is 15.1 Å². The molecule has 0 aromatic heterocycles. The van der Waals surface area contributed by atoms with Crippen LogP contribution in [0, 0.1) is 0 Å². The smallest absolute Gasteiger partial charge is 0.151 e. The molecule has 1 aliphatic heterocycles. The molecular formula is C20H18Cl3NO. The second kappa shape index (κ2) is 8.37. The van der Waals surface area contributed by atoms with Gasteiger partial charge in [0.1, 0.15) is 0 Å². The first-order chi connectivity index (χ1) is 12.0. The number of carbonyl (C=O) groups is 1. The summed E-state index contributed by atoms with van der Waals surface area (Å²) >= 11 is 18.0. The molecule has 0 fully saturated rings. The lowest BCUT2D eigenvalue weighted by molar-refractivity contribution is -0.119. The van der Waals surface area contributed by atoms with Crippen LogP contribution in [0.1, 0.15) is 17.5 Å². The predicted octanol–water partition coefficient (Wildman–Crippen LogP) is 5.55. The third kappa shape index (κ3) is 5.08. The van der Waals surface area contributed by atoms with Gasteiger partial charge in [-0.3, -0.25) is 9.69 Å². The molecule has 0 spiro atoms. The van der Waals surface area contributed by atoms with Crippen molar-refractivity contribution in [2.75, 3.05) is 19.6 Å². The summed E-state index contributed by atoms with van der Waals surface area (Å²) in [5, 5.41) is 1.87. The maximum Gasteiger partial charge on any atom is 0.151 e. The molecule has 0 radical (unpaired) electrons. The van der Waals surface area contributed by atoms with E-state index in [9.17, 15) is 4.79 Å². The molecule has 0 bridgehead atoms. The van der Waals surface area contributed by atoms with E-state index < -0.39 is 0 Å². The summed E-state index contributed by atoms with van der Waals surface area (Å²) in [7, 11) is 0. The van der Waals surface area contributed by atoms with Gasteiger partial charge in [-0.2, -0.15) is 0 Å². The summed E-state index contributed by atoms with van der Waals surface area (Å²) in [6.45, 7) is 2.08. The summed E-state index contributed by atoms with van der Waals surface area (Å²) in [5.74, 6) is 0.160. The van der Waals surface area contributed by atoms with Crippen LogP contribution in [0.5, 0.6) is 0 Å². The zero-order chi connectivity index (χ0) is 17.8. The fraction of sp³-hybridized carbons (Fsp3) is 0.250. The minimum absolute atomic E-state index is 0.160. The number of nitrogens with zero attached hydrogens (tertiary/aromatic N) is 1. The molecular weight excluding hydrogens is 377 g/mol. The van der Waals surface area contributed by atoms with Crippen LogP contribution in [0.25, 0.3) is 5.57 Å². The SMILES string of the molecule is O=C(Cc1ccc(Cl)cc1Cl)CN1CC=C(c2ccc(Cl)cc2)CC1. The van der Waals surface area contributed by atoms with Crippen molar-refractivity contribution in [2.24, 2.45) is 0 Å². The highest BCUT2D eigenvalue weighted by molar-refractivity contribution is 6.35. The first kappa shape index (κ1) is 18.5. The standard InChI is InChI=1S/C20H18Cl3NO/c21-17-4-1-14(2-5-17)15-7-9-24(10-8-15)13-19(25)11-16-3-6-18(22)12-20(16)23/h1-7,12H,8-11,13H2. The van der Waals surface area contributed by atoms with Crippen molar-refractivity contribution < 1.29 is 4.79 Å². The number of hydrogen-bond donors (Lipinski definition) is 0. The van der Waals surface area contributed by atoms with Gasteiger partial charge in [0.05, 0.1) is 6.54 Å². The van der Waals surface area contributed by atoms with E-state index in [0.717, 1.165) is 30.1 Å². The molecule has 2 aromatic rings. The average molecular weight is 395 g/mol. The van der Waals surface area contributed by atoms with E-state index in [0.29, 0.717) is 23.0 Å². The molecule has 1 heterocycles. The van der Waals surface area contributed by atoms with Crippen molar-refractivity contribution in [1.29, 1.82) is 0 Å². The third-order valence-corrected chi connectivity index (χ3v) is 5.15. The molecule has 0 unspecified atom stereocenters. The van der Waals surface area contributed by atoms with Crippen LogP contribution in [0.15, 0.2) is 48.5 Å². The summed E-state index contributed by atoms with van der Waals surface area (Å²) in [5.41, 5.74) is 3.33. The van der Waals surface area contributed by atoms with Crippen molar-refractivity contribution in [3.05, 3.63) is 74.7 Å². The molecule has 2 nitrogen and oxygen atoms in total. The fourth-order valence-electron chi connectivity index (χ4n) is 2.96. The molecule has 5 heteroatoms. The van der Waals surface area contributed by atoms with E-state index in [-0.39, 0.29) is 5.78 Å². The minimum atomic E-state index is 0.160. The van der Waals surface area contributed by atoms with Crippen molar-refractivity contribution in [2.45, 2.75) is 12.8 Å². The van der Waals surface area contributed by atoms with Crippen LogP contribution in [-0.4, -0.2) is 30.3 Å². The molecule has 0 saturated carbocycles. The van der Waals surface area contributed by atoms with E-state index in [1.165, 1.54) is 11.1 Å². The topological polar surface area (TPSA) is 20.3 Å². The number of rotatable bonds is 5. The Morgan fingerprint density at radius 1 is 1.00 bits per heavy atom. The maximum atomic E-state index is 12.3. The summed E-state index contributed by atoms with van der Waals surface area (Å²) in [6, 6.07) is 13.1. The Hall–Kier alpha value is -1.32. The van der Waals surface area contributed by atoms with Crippen LogP contribution >= 0.6 is 34.8 Å². The van der Waals surface area contributed by atoms with E-state index in [2.05, 4.69) is 11.0 Å². The van der Waals surface area contributed by atoms with Crippen LogP contribution in [-0.2, 0) is 11.2 Å². The van der Waals surface area contributed by atoms with Crippen molar-refractivity contribution >= 4 is 46.2 Å². The van der Waals surface area contributed by atoms with Crippen molar-refractivity contribution in [3.63, 3.8) is 0 Å². The van der Waals surface area contributed by atoms with Gasteiger partial charge in [0.15, 0.2) is 5.78 Å². The van der Waals surface area contributed by atoms with Crippen LogP contribution in [0.4, 0.5) is 0 Å². The number of benzene rings is 2. The van der Waals surface area contributed by atoms with E-state index in [1.54, 1.807) is 12.1 Å². The van der Waals surface area contributed by atoms with Gasteiger partial charge >= 0.3 is 0 Å². The molecule has 0 saturated heterocycles. The quantitative estimate of drug-likeness (QED) is 0.663. The van der Waals surface area contributed by atoms with Gasteiger partial charge < -0.3 is 0 Å². The largest absolute Gasteiger partial charge is 0.298 e. The zero-order valence-corrected chi connectivity index (χ0v) is 15.9.